The monoisotopic (exact) mass is 207 g/mol. The number of nitrogens with zero attached hydrogens (tertiary/aromatic N) is 3. The van der Waals surface area contributed by atoms with E-state index >= 15 is 0 Å². The SMILES string of the molecule is O=CN1CCN(c2ccc(O)cn2)CC1. The standard InChI is InChI=1S/C10H13N3O2/c14-8-12-3-5-13(6-4-12)10-2-1-9(15)7-11-10/h1-2,7-8,15H,3-6H2. The Hall–Kier alpha value is -1.78. The summed E-state index contributed by atoms with van der Waals surface area (Å²) in [4.78, 5) is 18.5. The van der Waals surface area contributed by atoms with Crippen LogP contribution in [0.15, 0.2) is 18.3 Å². The Morgan fingerprint density at radius 3 is 2.53 bits per heavy atom. The second-order valence-corrected chi connectivity index (χ2v) is 3.50. The van der Waals surface area contributed by atoms with Crippen LogP contribution in [0.2, 0.25) is 0 Å². The summed E-state index contributed by atoms with van der Waals surface area (Å²) in [5, 5.41) is 9.10. The minimum absolute atomic E-state index is 0.172. The number of hydrogen-bond acceptors (Lipinski definition) is 4. The van der Waals surface area contributed by atoms with Crippen LogP contribution in [0.1, 0.15) is 0 Å². The van der Waals surface area contributed by atoms with Crippen LogP contribution in [-0.4, -0.2) is 47.6 Å². The van der Waals surface area contributed by atoms with Gasteiger partial charge in [-0.1, -0.05) is 0 Å². The number of hydrogen-bond donors (Lipinski definition) is 1. The van der Waals surface area contributed by atoms with Gasteiger partial charge in [0, 0.05) is 26.2 Å². The predicted molar refractivity (Wildman–Crippen MR) is 55.8 cm³/mol. The van der Waals surface area contributed by atoms with Gasteiger partial charge in [0.1, 0.15) is 11.6 Å². The number of piperazine rings is 1. The minimum Gasteiger partial charge on any atom is -0.506 e. The molecule has 1 aliphatic rings. The van der Waals surface area contributed by atoms with Gasteiger partial charge in [0.25, 0.3) is 0 Å². The molecule has 0 saturated carbocycles. The topological polar surface area (TPSA) is 56.7 Å². The first kappa shape index (κ1) is 9.76. The second kappa shape index (κ2) is 4.16. The van der Waals surface area contributed by atoms with Crippen LogP contribution < -0.4 is 4.90 Å². The van der Waals surface area contributed by atoms with Crippen molar-refractivity contribution in [2.45, 2.75) is 0 Å². The van der Waals surface area contributed by atoms with Crippen molar-refractivity contribution in [3.8, 4) is 5.75 Å². The predicted octanol–water partition coefficient (Wildman–Crippen LogP) is 0.0656. The first-order chi connectivity index (χ1) is 7.29. The van der Waals surface area contributed by atoms with E-state index in [0.29, 0.717) is 0 Å². The van der Waals surface area contributed by atoms with E-state index in [-0.39, 0.29) is 5.75 Å². The smallest absolute Gasteiger partial charge is 0.209 e. The minimum atomic E-state index is 0.172. The largest absolute Gasteiger partial charge is 0.506 e. The van der Waals surface area contributed by atoms with Crippen molar-refractivity contribution < 1.29 is 9.90 Å². The van der Waals surface area contributed by atoms with Crippen molar-refractivity contribution in [1.29, 1.82) is 0 Å². The molecule has 1 aliphatic heterocycles. The summed E-state index contributed by atoms with van der Waals surface area (Å²) in [6.45, 7) is 3.03. The first-order valence-corrected chi connectivity index (χ1v) is 4.89. The molecule has 1 amide bonds. The number of rotatable bonds is 2. The summed E-state index contributed by atoms with van der Waals surface area (Å²) in [6.07, 6.45) is 2.31. The molecule has 5 heteroatoms. The average molecular weight is 207 g/mol. The van der Waals surface area contributed by atoms with Gasteiger partial charge in [-0.25, -0.2) is 4.98 Å². The maximum atomic E-state index is 10.5. The van der Waals surface area contributed by atoms with Gasteiger partial charge in [-0.3, -0.25) is 4.79 Å². The first-order valence-electron chi connectivity index (χ1n) is 4.89. The van der Waals surface area contributed by atoms with Crippen LogP contribution >= 0.6 is 0 Å². The van der Waals surface area contributed by atoms with Gasteiger partial charge in [-0.05, 0) is 12.1 Å². The Bertz CT molecular complexity index is 331. The lowest BCUT2D eigenvalue weighted by Crippen LogP contribution is -2.45. The quantitative estimate of drug-likeness (QED) is 0.697. The molecule has 0 bridgehead atoms. The molecule has 0 aromatic carbocycles. The van der Waals surface area contributed by atoms with E-state index in [9.17, 15) is 4.79 Å². The highest BCUT2D eigenvalue weighted by Gasteiger charge is 2.16. The number of aromatic nitrogens is 1. The van der Waals surface area contributed by atoms with Crippen molar-refractivity contribution in [3.63, 3.8) is 0 Å². The molecule has 0 atom stereocenters. The molecule has 0 unspecified atom stereocenters. The molecule has 2 rings (SSSR count). The van der Waals surface area contributed by atoms with E-state index in [1.807, 2.05) is 0 Å². The molecular formula is C10H13N3O2. The van der Waals surface area contributed by atoms with Crippen LogP contribution in [0.3, 0.4) is 0 Å². The highest BCUT2D eigenvalue weighted by atomic mass is 16.3. The van der Waals surface area contributed by atoms with Gasteiger partial charge in [-0.2, -0.15) is 0 Å². The van der Waals surface area contributed by atoms with Gasteiger partial charge in [0.05, 0.1) is 6.20 Å². The van der Waals surface area contributed by atoms with Crippen molar-refractivity contribution in [2.24, 2.45) is 0 Å². The van der Waals surface area contributed by atoms with Crippen LogP contribution in [0, 0.1) is 0 Å². The Morgan fingerprint density at radius 1 is 1.27 bits per heavy atom. The highest BCUT2D eigenvalue weighted by molar-refractivity contribution is 5.49. The molecule has 1 aromatic rings. The summed E-state index contributed by atoms with van der Waals surface area (Å²) in [6, 6.07) is 3.40. The fourth-order valence-corrected chi connectivity index (χ4v) is 1.62. The fraction of sp³-hybridized carbons (Fsp3) is 0.400. The summed E-state index contributed by atoms with van der Waals surface area (Å²) < 4.78 is 0. The molecule has 1 aromatic heterocycles. The van der Waals surface area contributed by atoms with Gasteiger partial charge in [0.15, 0.2) is 0 Å². The molecule has 1 fully saturated rings. The molecule has 15 heavy (non-hydrogen) atoms. The van der Waals surface area contributed by atoms with E-state index in [1.54, 1.807) is 17.0 Å². The van der Waals surface area contributed by atoms with Crippen LogP contribution in [0.5, 0.6) is 5.75 Å². The zero-order chi connectivity index (χ0) is 10.7. The van der Waals surface area contributed by atoms with Crippen LogP contribution in [0.25, 0.3) is 0 Å². The van der Waals surface area contributed by atoms with Gasteiger partial charge < -0.3 is 14.9 Å². The average Bonchev–Trinajstić information content (AvgIpc) is 2.30. The molecule has 5 nitrogen and oxygen atoms in total. The molecule has 80 valence electrons. The lowest BCUT2D eigenvalue weighted by molar-refractivity contribution is -0.118. The number of carbonyl (C=O) groups is 1. The van der Waals surface area contributed by atoms with Crippen LogP contribution in [-0.2, 0) is 4.79 Å². The molecule has 1 saturated heterocycles. The summed E-state index contributed by atoms with van der Waals surface area (Å²) in [7, 11) is 0. The summed E-state index contributed by atoms with van der Waals surface area (Å²) in [5.41, 5.74) is 0. The normalized spacial score (nSPS) is 16.5. The van der Waals surface area contributed by atoms with E-state index in [2.05, 4.69) is 9.88 Å². The van der Waals surface area contributed by atoms with Crippen molar-refractivity contribution in [1.82, 2.24) is 9.88 Å². The fourth-order valence-electron chi connectivity index (χ4n) is 1.62. The highest BCUT2D eigenvalue weighted by Crippen LogP contribution is 2.15. The van der Waals surface area contributed by atoms with Crippen LogP contribution in [0.4, 0.5) is 5.82 Å². The number of anilines is 1. The van der Waals surface area contributed by atoms with Gasteiger partial charge in [-0.15, -0.1) is 0 Å². The second-order valence-electron chi connectivity index (χ2n) is 3.50. The van der Waals surface area contributed by atoms with E-state index < -0.39 is 0 Å². The molecule has 1 N–H and O–H groups in total. The maximum absolute atomic E-state index is 10.5. The van der Waals surface area contributed by atoms with E-state index in [4.69, 9.17) is 5.11 Å². The third kappa shape index (κ3) is 2.18. The molecule has 2 heterocycles. The van der Waals surface area contributed by atoms with Crippen molar-refractivity contribution in [2.75, 3.05) is 31.1 Å². The van der Waals surface area contributed by atoms with E-state index in [0.717, 1.165) is 38.4 Å². The third-order valence-electron chi connectivity index (χ3n) is 2.52. The van der Waals surface area contributed by atoms with Gasteiger partial charge >= 0.3 is 0 Å². The Balaban J connectivity index is 2.01. The zero-order valence-corrected chi connectivity index (χ0v) is 8.33. The Morgan fingerprint density at radius 2 is 2.00 bits per heavy atom. The third-order valence-corrected chi connectivity index (χ3v) is 2.52. The Kier molecular flexibility index (Phi) is 2.71. The van der Waals surface area contributed by atoms with Gasteiger partial charge in [0.2, 0.25) is 6.41 Å². The number of carbonyl (C=O) groups excluding carboxylic acids is 1. The number of amides is 1. The number of pyridine rings is 1. The summed E-state index contributed by atoms with van der Waals surface area (Å²) >= 11 is 0. The zero-order valence-electron chi connectivity index (χ0n) is 8.33. The maximum Gasteiger partial charge on any atom is 0.209 e. The van der Waals surface area contributed by atoms with Crippen molar-refractivity contribution >= 4 is 12.2 Å². The Labute approximate surface area is 87.9 Å². The summed E-state index contributed by atoms with van der Waals surface area (Å²) in [5.74, 6) is 1.02. The van der Waals surface area contributed by atoms with E-state index in [1.165, 1.54) is 6.20 Å². The lowest BCUT2D eigenvalue weighted by atomic mass is 10.3. The number of aromatic hydroxyl groups is 1. The molecular weight excluding hydrogens is 194 g/mol. The molecule has 0 radical (unpaired) electrons. The van der Waals surface area contributed by atoms with Crippen molar-refractivity contribution in [3.05, 3.63) is 18.3 Å². The molecule has 0 aliphatic carbocycles. The molecule has 0 spiro atoms. The lowest BCUT2D eigenvalue weighted by Gasteiger charge is -2.33.